The monoisotopic (exact) mass is 450 g/mol. The van der Waals surface area contributed by atoms with Gasteiger partial charge >= 0.3 is 0 Å². The minimum absolute atomic E-state index is 0.172. The van der Waals surface area contributed by atoms with Gasteiger partial charge in [0.05, 0.1) is 11.2 Å². The molecule has 2 aromatic carbocycles. The fourth-order valence-electron chi connectivity index (χ4n) is 4.39. The number of hydrogen-bond acceptors (Lipinski definition) is 7. The van der Waals surface area contributed by atoms with Gasteiger partial charge in [0.1, 0.15) is 11.3 Å². The maximum Gasteiger partial charge on any atom is 0.211 e. The predicted molar refractivity (Wildman–Crippen MR) is 133 cm³/mol. The molecule has 3 N–H and O–H groups in total. The molecule has 1 fully saturated rings. The molecule has 0 unspecified atom stereocenters. The molecule has 0 bridgehead atoms. The number of rotatable bonds is 5. The Bertz CT molecular complexity index is 1410. The lowest BCUT2D eigenvalue weighted by molar-refractivity contribution is 0.253. The molecule has 3 aromatic heterocycles. The number of pyridine rings is 2. The zero-order chi connectivity index (χ0) is 22.3. The molecule has 162 valence electrons. The van der Waals surface area contributed by atoms with Crippen molar-refractivity contribution in [1.82, 2.24) is 20.2 Å². The Balaban J connectivity index is 1.50. The number of anilines is 2. The normalized spacial score (nSPS) is 14.7. The lowest BCUT2D eigenvalue weighted by Gasteiger charge is -2.38. The second-order valence-electron chi connectivity index (χ2n) is 8.43. The van der Waals surface area contributed by atoms with Gasteiger partial charge in [-0.15, -0.1) is 10.2 Å². The third-order valence-electron chi connectivity index (χ3n) is 6.39. The fourth-order valence-corrected chi connectivity index (χ4v) is 4.83. The SMILES string of the molecule is NC1(c2ccc(-c3nc4ccnc(Nc5nncs5)c4cc3-c3ccccc3)cc2)CCC1. The molecular formula is C26H22N6S. The third-order valence-corrected chi connectivity index (χ3v) is 7.00. The Hall–Kier alpha value is -3.68. The molecule has 0 spiro atoms. The zero-order valence-corrected chi connectivity index (χ0v) is 18.7. The molecular weight excluding hydrogens is 428 g/mol. The van der Waals surface area contributed by atoms with Crippen molar-refractivity contribution >= 4 is 33.2 Å². The molecule has 3 heterocycles. The van der Waals surface area contributed by atoms with E-state index in [0.717, 1.165) is 46.1 Å². The Morgan fingerprint density at radius 3 is 2.45 bits per heavy atom. The molecule has 33 heavy (non-hydrogen) atoms. The number of nitrogens with two attached hydrogens (primary N) is 1. The summed E-state index contributed by atoms with van der Waals surface area (Å²) in [5.41, 5.74) is 14.3. The molecule has 7 heteroatoms. The maximum atomic E-state index is 6.54. The molecule has 1 aliphatic rings. The van der Waals surface area contributed by atoms with Crippen molar-refractivity contribution in [2.75, 3.05) is 5.32 Å². The van der Waals surface area contributed by atoms with Gasteiger partial charge in [-0.05, 0) is 42.5 Å². The van der Waals surface area contributed by atoms with Crippen LogP contribution in [0.5, 0.6) is 0 Å². The lowest BCUT2D eigenvalue weighted by Crippen LogP contribution is -2.43. The first-order valence-electron chi connectivity index (χ1n) is 11.0. The van der Waals surface area contributed by atoms with Gasteiger partial charge < -0.3 is 11.1 Å². The zero-order valence-electron chi connectivity index (χ0n) is 17.9. The molecule has 5 aromatic rings. The standard InChI is InChI=1S/C26H22N6S/c27-26(12-4-13-26)19-9-7-18(8-10-19)23-20(17-5-2-1-3-6-17)15-21-22(30-23)11-14-28-24(21)31-25-32-29-16-33-25/h1-3,5-11,14-16H,4,12-13,27H2,(H,28,31,32). The highest BCUT2D eigenvalue weighted by Gasteiger charge is 2.34. The Labute approximate surface area is 195 Å². The van der Waals surface area contributed by atoms with Gasteiger partial charge in [-0.25, -0.2) is 9.97 Å². The van der Waals surface area contributed by atoms with Gasteiger partial charge in [0.2, 0.25) is 5.13 Å². The molecule has 6 nitrogen and oxygen atoms in total. The summed E-state index contributed by atoms with van der Waals surface area (Å²) in [5.74, 6) is 0.714. The summed E-state index contributed by atoms with van der Waals surface area (Å²) in [4.78, 5) is 9.64. The summed E-state index contributed by atoms with van der Waals surface area (Å²) in [6, 6.07) is 23.0. The van der Waals surface area contributed by atoms with E-state index in [1.807, 2.05) is 24.3 Å². The van der Waals surface area contributed by atoms with Crippen LogP contribution < -0.4 is 11.1 Å². The van der Waals surface area contributed by atoms with E-state index < -0.39 is 0 Å². The van der Waals surface area contributed by atoms with E-state index in [9.17, 15) is 0 Å². The largest absolute Gasteiger partial charge is 0.321 e. The fraction of sp³-hybridized carbons (Fsp3) is 0.154. The highest BCUT2D eigenvalue weighted by Crippen LogP contribution is 2.40. The first-order chi connectivity index (χ1) is 16.2. The summed E-state index contributed by atoms with van der Waals surface area (Å²) in [5, 5.41) is 12.9. The first-order valence-corrected chi connectivity index (χ1v) is 11.9. The summed E-state index contributed by atoms with van der Waals surface area (Å²) in [6.45, 7) is 0. The van der Waals surface area contributed by atoms with Crippen LogP contribution in [-0.4, -0.2) is 20.2 Å². The average Bonchev–Trinajstić information content (AvgIpc) is 3.36. The quantitative estimate of drug-likeness (QED) is 0.347. The van der Waals surface area contributed by atoms with Gasteiger partial charge in [0.15, 0.2) is 0 Å². The number of nitrogens with one attached hydrogen (secondary N) is 1. The van der Waals surface area contributed by atoms with Gasteiger partial charge in [0, 0.05) is 28.2 Å². The van der Waals surface area contributed by atoms with Crippen molar-refractivity contribution in [3.63, 3.8) is 0 Å². The molecule has 0 atom stereocenters. The molecule has 1 aliphatic carbocycles. The van der Waals surface area contributed by atoms with Crippen LogP contribution in [-0.2, 0) is 5.54 Å². The lowest BCUT2D eigenvalue weighted by atomic mass is 9.72. The Morgan fingerprint density at radius 2 is 1.76 bits per heavy atom. The Kier molecular flexibility index (Phi) is 4.86. The smallest absolute Gasteiger partial charge is 0.211 e. The molecule has 0 radical (unpaired) electrons. The highest BCUT2D eigenvalue weighted by molar-refractivity contribution is 7.13. The molecule has 1 saturated carbocycles. The van der Waals surface area contributed by atoms with E-state index >= 15 is 0 Å². The highest BCUT2D eigenvalue weighted by atomic mass is 32.1. The summed E-state index contributed by atoms with van der Waals surface area (Å²) >= 11 is 1.43. The topological polar surface area (TPSA) is 89.6 Å². The second-order valence-corrected chi connectivity index (χ2v) is 9.27. The average molecular weight is 451 g/mol. The van der Waals surface area contributed by atoms with Crippen LogP contribution in [0, 0.1) is 0 Å². The number of benzene rings is 2. The number of hydrogen-bond donors (Lipinski definition) is 2. The molecule has 6 rings (SSSR count). The van der Waals surface area contributed by atoms with Crippen molar-refractivity contribution in [3.8, 4) is 22.4 Å². The van der Waals surface area contributed by atoms with Gasteiger partial charge in [-0.3, -0.25) is 0 Å². The van der Waals surface area contributed by atoms with Gasteiger partial charge in [-0.2, -0.15) is 0 Å². The summed E-state index contributed by atoms with van der Waals surface area (Å²) < 4.78 is 0. The van der Waals surface area contributed by atoms with Crippen LogP contribution in [0.25, 0.3) is 33.3 Å². The summed E-state index contributed by atoms with van der Waals surface area (Å²) in [6.07, 6.45) is 5.06. The van der Waals surface area contributed by atoms with Crippen molar-refractivity contribution < 1.29 is 0 Å². The van der Waals surface area contributed by atoms with Crippen molar-refractivity contribution in [1.29, 1.82) is 0 Å². The van der Waals surface area contributed by atoms with Crippen LogP contribution in [0.15, 0.2) is 78.4 Å². The number of nitrogens with zero attached hydrogens (tertiary/aromatic N) is 4. The van der Waals surface area contributed by atoms with Crippen LogP contribution >= 0.6 is 11.3 Å². The second kappa shape index (κ2) is 8.03. The van der Waals surface area contributed by atoms with Crippen LogP contribution in [0.4, 0.5) is 10.9 Å². The van der Waals surface area contributed by atoms with E-state index in [0.29, 0.717) is 10.9 Å². The van der Waals surface area contributed by atoms with Gasteiger partial charge in [-0.1, -0.05) is 65.9 Å². The minimum atomic E-state index is -0.172. The molecule has 0 aliphatic heterocycles. The summed E-state index contributed by atoms with van der Waals surface area (Å²) in [7, 11) is 0. The van der Waals surface area contributed by atoms with E-state index in [2.05, 4.69) is 63.0 Å². The van der Waals surface area contributed by atoms with E-state index in [1.54, 1.807) is 11.7 Å². The third kappa shape index (κ3) is 3.65. The Morgan fingerprint density at radius 1 is 0.939 bits per heavy atom. The van der Waals surface area contributed by atoms with Crippen LogP contribution in [0.3, 0.4) is 0 Å². The van der Waals surface area contributed by atoms with Crippen molar-refractivity contribution in [3.05, 3.63) is 84.0 Å². The van der Waals surface area contributed by atoms with Crippen molar-refractivity contribution in [2.24, 2.45) is 5.73 Å². The molecule has 0 saturated heterocycles. The van der Waals surface area contributed by atoms with Crippen LogP contribution in [0.1, 0.15) is 24.8 Å². The minimum Gasteiger partial charge on any atom is -0.321 e. The first kappa shape index (κ1) is 20.0. The maximum absolute atomic E-state index is 6.54. The van der Waals surface area contributed by atoms with E-state index in [1.165, 1.54) is 23.3 Å². The van der Waals surface area contributed by atoms with Gasteiger partial charge in [0.25, 0.3) is 0 Å². The van der Waals surface area contributed by atoms with Crippen LogP contribution in [0.2, 0.25) is 0 Å². The van der Waals surface area contributed by atoms with E-state index in [-0.39, 0.29) is 5.54 Å². The predicted octanol–water partition coefficient (Wildman–Crippen LogP) is 5.90. The molecule has 0 amide bonds. The van der Waals surface area contributed by atoms with E-state index in [4.69, 9.17) is 10.7 Å². The number of aromatic nitrogens is 4. The number of fused-ring (bicyclic) bond motifs is 1. The van der Waals surface area contributed by atoms with Crippen molar-refractivity contribution in [2.45, 2.75) is 24.8 Å².